The van der Waals surface area contributed by atoms with Gasteiger partial charge in [-0.1, -0.05) is 25.5 Å². The van der Waals surface area contributed by atoms with Gasteiger partial charge in [-0.2, -0.15) is 0 Å². The summed E-state index contributed by atoms with van der Waals surface area (Å²) in [4.78, 5) is 12.4. The minimum absolute atomic E-state index is 0.0925. The molecule has 0 unspecified atom stereocenters. The van der Waals surface area contributed by atoms with E-state index in [0.717, 1.165) is 38.5 Å². The van der Waals surface area contributed by atoms with Crippen LogP contribution in [0.3, 0.4) is 0 Å². The van der Waals surface area contributed by atoms with Crippen LogP contribution in [0.1, 0.15) is 58.8 Å². The second kappa shape index (κ2) is 4.67. The molecule has 4 aliphatic carbocycles. The van der Waals surface area contributed by atoms with Crippen LogP contribution in [0.15, 0.2) is 11.6 Å². The molecule has 0 saturated heterocycles. The third-order valence-electron chi connectivity index (χ3n) is 7.81. The molecule has 0 amide bonds. The molecule has 0 bridgehead atoms. The molecule has 0 radical (unpaired) electrons. The molecule has 3 heteroatoms. The predicted octanol–water partition coefficient (Wildman–Crippen LogP) is 2.85. The summed E-state index contributed by atoms with van der Waals surface area (Å²) in [6.07, 6.45) is 8.00. The first-order chi connectivity index (χ1) is 10.4. The van der Waals surface area contributed by atoms with Crippen LogP contribution in [0.25, 0.3) is 0 Å². The summed E-state index contributed by atoms with van der Waals surface area (Å²) in [5.41, 5.74) is 1.37. The van der Waals surface area contributed by atoms with Crippen molar-refractivity contribution in [2.45, 2.75) is 71.0 Å². The summed E-state index contributed by atoms with van der Waals surface area (Å²) in [5, 5.41) is 20.1. The first kappa shape index (κ1) is 14.9. The van der Waals surface area contributed by atoms with Crippen LogP contribution in [-0.2, 0) is 4.79 Å². The number of ketones is 1. The average molecular weight is 304 g/mol. The fraction of sp³-hybridized carbons (Fsp3) is 0.842. The molecule has 3 saturated carbocycles. The average Bonchev–Trinajstić information content (AvgIpc) is 2.72. The van der Waals surface area contributed by atoms with E-state index in [-0.39, 0.29) is 22.7 Å². The fourth-order valence-corrected chi connectivity index (χ4v) is 6.43. The highest BCUT2D eigenvalue weighted by atomic mass is 16.3. The summed E-state index contributed by atoms with van der Waals surface area (Å²) < 4.78 is 0. The zero-order valence-electron chi connectivity index (χ0n) is 13.7. The van der Waals surface area contributed by atoms with E-state index in [1.54, 1.807) is 0 Å². The summed E-state index contributed by atoms with van der Waals surface area (Å²) in [7, 11) is 0. The molecule has 2 N–H and O–H groups in total. The number of hydrogen-bond donors (Lipinski definition) is 2. The summed E-state index contributed by atoms with van der Waals surface area (Å²) in [5.74, 6) is 1.59. The van der Waals surface area contributed by atoms with Gasteiger partial charge in [-0.3, -0.25) is 4.79 Å². The number of rotatable bonds is 0. The van der Waals surface area contributed by atoms with Gasteiger partial charge < -0.3 is 10.2 Å². The van der Waals surface area contributed by atoms with Crippen molar-refractivity contribution in [2.75, 3.05) is 0 Å². The first-order valence-electron chi connectivity index (χ1n) is 8.96. The van der Waals surface area contributed by atoms with Crippen LogP contribution in [0.4, 0.5) is 0 Å². The Hall–Kier alpha value is -0.670. The van der Waals surface area contributed by atoms with Crippen LogP contribution >= 0.6 is 0 Å². The van der Waals surface area contributed by atoms with Crippen LogP contribution in [0.2, 0.25) is 0 Å². The Morgan fingerprint density at radius 3 is 2.59 bits per heavy atom. The van der Waals surface area contributed by atoms with Gasteiger partial charge in [0, 0.05) is 5.41 Å². The van der Waals surface area contributed by atoms with Gasteiger partial charge in [0.25, 0.3) is 0 Å². The van der Waals surface area contributed by atoms with Crippen molar-refractivity contribution in [3.8, 4) is 0 Å². The van der Waals surface area contributed by atoms with E-state index in [0.29, 0.717) is 24.2 Å². The van der Waals surface area contributed by atoms with Gasteiger partial charge >= 0.3 is 0 Å². The molecule has 0 aromatic rings. The third kappa shape index (κ3) is 1.78. The molecule has 0 aromatic carbocycles. The van der Waals surface area contributed by atoms with Crippen molar-refractivity contribution in [1.82, 2.24) is 0 Å². The molecule has 3 fully saturated rings. The maximum absolute atomic E-state index is 12.4. The second-order valence-electron chi connectivity index (χ2n) is 8.73. The molecular weight excluding hydrogens is 276 g/mol. The largest absolute Gasteiger partial charge is 0.393 e. The van der Waals surface area contributed by atoms with Gasteiger partial charge in [0.15, 0.2) is 5.78 Å². The quantitative estimate of drug-likeness (QED) is 0.677. The fourth-order valence-electron chi connectivity index (χ4n) is 6.43. The number of Topliss-reactive ketones (excluding diaryl/α,β-unsaturated/α-hetero) is 1. The third-order valence-corrected chi connectivity index (χ3v) is 7.81. The predicted molar refractivity (Wildman–Crippen MR) is 84.1 cm³/mol. The standard InChI is InChI=1S/C19H28O3/c1-18-7-5-12(20)9-11(18)3-4-13-14(18)6-8-19(2)15(13)10-16(21)17(19)22/h3,12-16,20-21H,4-10H2,1-2H3/t12-,13-,14-,15+,16-,18-,19+/m1/s1. The van der Waals surface area contributed by atoms with Gasteiger partial charge in [-0.25, -0.2) is 0 Å². The van der Waals surface area contributed by atoms with Crippen molar-refractivity contribution < 1.29 is 15.0 Å². The lowest BCUT2D eigenvalue weighted by molar-refractivity contribution is -0.136. The summed E-state index contributed by atoms with van der Waals surface area (Å²) >= 11 is 0. The van der Waals surface area contributed by atoms with E-state index in [4.69, 9.17) is 0 Å². The van der Waals surface area contributed by atoms with Gasteiger partial charge in [0.1, 0.15) is 6.10 Å². The van der Waals surface area contributed by atoms with Crippen LogP contribution in [-0.4, -0.2) is 28.2 Å². The van der Waals surface area contributed by atoms with Gasteiger partial charge in [-0.15, -0.1) is 0 Å². The van der Waals surface area contributed by atoms with Gasteiger partial charge in [-0.05, 0) is 68.1 Å². The Morgan fingerprint density at radius 2 is 1.82 bits per heavy atom. The lowest BCUT2D eigenvalue weighted by Crippen LogP contribution is -2.50. The van der Waals surface area contributed by atoms with E-state index in [9.17, 15) is 15.0 Å². The van der Waals surface area contributed by atoms with Crippen molar-refractivity contribution in [3.63, 3.8) is 0 Å². The topological polar surface area (TPSA) is 57.5 Å². The lowest BCUT2D eigenvalue weighted by Gasteiger charge is -2.56. The molecule has 0 spiro atoms. The number of carbonyl (C=O) groups is 1. The monoisotopic (exact) mass is 304 g/mol. The van der Waals surface area contributed by atoms with Crippen molar-refractivity contribution in [3.05, 3.63) is 11.6 Å². The number of aliphatic hydroxyl groups excluding tert-OH is 2. The molecule has 7 atom stereocenters. The molecule has 4 aliphatic rings. The molecule has 22 heavy (non-hydrogen) atoms. The SMILES string of the molecule is C[C@@]12CC[C@@H](O)CC1=CC[C@@H]1[C@H]2CC[C@]2(C)C(=O)[C@H](O)C[C@@H]12. The number of allylic oxidation sites excluding steroid dienone is 1. The lowest BCUT2D eigenvalue weighted by atomic mass is 9.48. The molecule has 0 aliphatic heterocycles. The van der Waals surface area contributed by atoms with Gasteiger partial charge in [0.05, 0.1) is 6.10 Å². The van der Waals surface area contributed by atoms with Crippen molar-refractivity contribution in [2.24, 2.45) is 28.6 Å². The number of fused-ring (bicyclic) bond motifs is 5. The first-order valence-corrected chi connectivity index (χ1v) is 8.96. The van der Waals surface area contributed by atoms with Crippen LogP contribution in [0.5, 0.6) is 0 Å². The zero-order chi connectivity index (χ0) is 15.7. The Kier molecular flexibility index (Phi) is 3.16. The number of hydrogen-bond acceptors (Lipinski definition) is 3. The Bertz CT molecular complexity index is 539. The van der Waals surface area contributed by atoms with E-state index >= 15 is 0 Å². The van der Waals surface area contributed by atoms with Crippen molar-refractivity contribution in [1.29, 1.82) is 0 Å². The maximum atomic E-state index is 12.4. The molecule has 3 nitrogen and oxygen atoms in total. The molecule has 0 aromatic heterocycles. The normalized spacial score (nSPS) is 54.3. The van der Waals surface area contributed by atoms with E-state index in [1.807, 2.05) is 0 Å². The highest BCUT2D eigenvalue weighted by molar-refractivity contribution is 5.91. The van der Waals surface area contributed by atoms with Crippen molar-refractivity contribution >= 4 is 5.78 Å². The van der Waals surface area contributed by atoms with Crippen LogP contribution in [0, 0.1) is 28.6 Å². The highest BCUT2D eigenvalue weighted by Crippen LogP contribution is 2.63. The van der Waals surface area contributed by atoms with E-state index in [1.165, 1.54) is 5.57 Å². The minimum Gasteiger partial charge on any atom is -0.393 e. The number of carbonyl (C=O) groups excluding carboxylic acids is 1. The molecule has 122 valence electrons. The van der Waals surface area contributed by atoms with Crippen LogP contribution < -0.4 is 0 Å². The smallest absolute Gasteiger partial charge is 0.167 e. The summed E-state index contributed by atoms with van der Waals surface area (Å²) in [6.45, 7) is 4.48. The molecule has 4 rings (SSSR count). The Balaban J connectivity index is 1.70. The minimum atomic E-state index is -0.736. The summed E-state index contributed by atoms with van der Waals surface area (Å²) in [6, 6.07) is 0. The highest BCUT2D eigenvalue weighted by Gasteiger charge is 2.60. The maximum Gasteiger partial charge on any atom is 0.167 e. The Morgan fingerprint density at radius 1 is 1.09 bits per heavy atom. The van der Waals surface area contributed by atoms with Gasteiger partial charge in [0.2, 0.25) is 0 Å². The van der Waals surface area contributed by atoms with E-state index in [2.05, 4.69) is 19.9 Å². The molecule has 0 heterocycles. The zero-order valence-corrected chi connectivity index (χ0v) is 13.7. The number of aliphatic hydroxyl groups is 2. The molecular formula is C19H28O3. The Labute approximate surface area is 132 Å². The van der Waals surface area contributed by atoms with E-state index < -0.39 is 6.10 Å². The second-order valence-corrected chi connectivity index (χ2v) is 8.73.